The molecule has 0 aliphatic rings. The summed E-state index contributed by atoms with van der Waals surface area (Å²) in [5, 5.41) is 1.48. The van der Waals surface area contributed by atoms with Crippen LogP contribution in [0.25, 0.3) is 0 Å². The van der Waals surface area contributed by atoms with Crippen molar-refractivity contribution in [2.45, 2.75) is 26.9 Å². The third-order valence-corrected chi connectivity index (χ3v) is 4.15. The fraction of sp³-hybridized carbons (Fsp3) is 0.222. The minimum atomic E-state index is 0.560. The molecule has 0 aliphatic heterocycles. The summed E-state index contributed by atoms with van der Waals surface area (Å²) in [7, 11) is 0. The highest BCUT2D eigenvalue weighted by molar-refractivity contribution is 6.40. The number of nitrogens with zero attached hydrogens (tertiary/aromatic N) is 2. The molecule has 0 aliphatic carbocycles. The van der Waals surface area contributed by atoms with Gasteiger partial charge < -0.3 is 0 Å². The minimum absolute atomic E-state index is 0.560. The monoisotopic (exact) mass is 332 g/mol. The van der Waals surface area contributed by atoms with E-state index in [1.165, 1.54) is 0 Å². The van der Waals surface area contributed by atoms with Gasteiger partial charge in [0.25, 0.3) is 0 Å². The fourth-order valence-electron chi connectivity index (χ4n) is 1.89. The SMILES string of the molecule is CC(=NCc1ccccc1Cl)C(C)=NCc1ccccc1Cl. The summed E-state index contributed by atoms with van der Waals surface area (Å²) < 4.78 is 0. The van der Waals surface area contributed by atoms with Crippen molar-refractivity contribution < 1.29 is 0 Å². The van der Waals surface area contributed by atoms with E-state index in [0.29, 0.717) is 13.1 Å². The Morgan fingerprint density at radius 3 is 1.45 bits per heavy atom. The van der Waals surface area contributed by atoms with Gasteiger partial charge in [-0.25, -0.2) is 0 Å². The molecule has 0 N–H and O–H groups in total. The second-order valence-electron chi connectivity index (χ2n) is 4.99. The lowest BCUT2D eigenvalue weighted by Crippen LogP contribution is -2.07. The summed E-state index contributed by atoms with van der Waals surface area (Å²) in [5.74, 6) is 0. The third kappa shape index (κ3) is 4.69. The molecule has 0 unspecified atom stereocenters. The summed E-state index contributed by atoms with van der Waals surface area (Å²) in [6, 6.07) is 15.5. The molecule has 0 spiro atoms. The van der Waals surface area contributed by atoms with Crippen LogP contribution >= 0.6 is 23.2 Å². The number of aliphatic imine (C=N–C) groups is 2. The molecule has 0 radical (unpaired) electrons. The van der Waals surface area contributed by atoms with Crippen LogP contribution in [0.3, 0.4) is 0 Å². The molecule has 0 saturated carbocycles. The Kier molecular flexibility index (Phi) is 6.17. The molecule has 0 saturated heterocycles. The Morgan fingerprint density at radius 2 is 1.09 bits per heavy atom. The number of rotatable bonds is 5. The molecule has 2 aromatic rings. The summed E-state index contributed by atoms with van der Waals surface area (Å²) >= 11 is 12.3. The molecule has 0 fully saturated rings. The predicted molar refractivity (Wildman–Crippen MR) is 96.5 cm³/mol. The number of hydrogen-bond acceptors (Lipinski definition) is 2. The Bertz CT molecular complexity index is 644. The van der Waals surface area contributed by atoms with E-state index in [1.807, 2.05) is 62.4 Å². The molecule has 114 valence electrons. The van der Waals surface area contributed by atoms with Gasteiger partial charge in [-0.05, 0) is 37.1 Å². The lowest BCUT2D eigenvalue weighted by molar-refractivity contribution is 1.05. The maximum Gasteiger partial charge on any atom is 0.0658 e. The number of benzene rings is 2. The van der Waals surface area contributed by atoms with Crippen LogP contribution in [0.2, 0.25) is 10.0 Å². The first-order valence-corrected chi connectivity index (χ1v) is 7.83. The van der Waals surface area contributed by atoms with Gasteiger partial charge in [0.1, 0.15) is 0 Å². The summed E-state index contributed by atoms with van der Waals surface area (Å²) in [6.07, 6.45) is 0. The summed E-state index contributed by atoms with van der Waals surface area (Å²) in [6.45, 7) is 5.04. The van der Waals surface area contributed by atoms with Gasteiger partial charge in [0.15, 0.2) is 0 Å². The molecule has 4 heteroatoms. The van der Waals surface area contributed by atoms with E-state index in [-0.39, 0.29) is 0 Å². The zero-order chi connectivity index (χ0) is 15.9. The van der Waals surface area contributed by atoms with Gasteiger partial charge in [-0.15, -0.1) is 0 Å². The molecule has 2 aromatic carbocycles. The van der Waals surface area contributed by atoms with Gasteiger partial charge in [0.05, 0.1) is 24.5 Å². The lowest BCUT2D eigenvalue weighted by Gasteiger charge is -2.04. The normalized spacial score (nSPS) is 12.5. The Labute approximate surface area is 141 Å². The highest BCUT2D eigenvalue weighted by atomic mass is 35.5. The van der Waals surface area contributed by atoms with Crippen LogP contribution in [0.15, 0.2) is 58.5 Å². The second kappa shape index (κ2) is 8.11. The van der Waals surface area contributed by atoms with E-state index in [1.54, 1.807) is 0 Å². The summed E-state index contributed by atoms with van der Waals surface area (Å²) in [5.41, 5.74) is 3.85. The molecule has 0 atom stereocenters. The standard InChI is InChI=1S/C18H18Cl2N2/c1-13(21-11-15-7-3-5-9-17(15)19)14(2)22-12-16-8-4-6-10-18(16)20/h3-10H,11-12H2,1-2H3. The second-order valence-corrected chi connectivity index (χ2v) is 5.80. The van der Waals surface area contributed by atoms with Crippen LogP contribution < -0.4 is 0 Å². The van der Waals surface area contributed by atoms with Crippen molar-refractivity contribution >= 4 is 34.6 Å². The Hall–Kier alpha value is -1.64. The van der Waals surface area contributed by atoms with E-state index >= 15 is 0 Å². The van der Waals surface area contributed by atoms with Crippen LogP contribution in [-0.4, -0.2) is 11.4 Å². The third-order valence-electron chi connectivity index (χ3n) is 3.41. The Balaban J connectivity index is 2.03. The molecule has 2 nitrogen and oxygen atoms in total. The van der Waals surface area contributed by atoms with Gasteiger partial charge in [0, 0.05) is 10.0 Å². The molecule has 22 heavy (non-hydrogen) atoms. The van der Waals surface area contributed by atoms with E-state index in [4.69, 9.17) is 23.2 Å². The average molecular weight is 333 g/mol. The van der Waals surface area contributed by atoms with Gasteiger partial charge in [0.2, 0.25) is 0 Å². The zero-order valence-corrected chi connectivity index (χ0v) is 14.2. The number of hydrogen-bond donors (Lipinski definition) is 0. The van der Waals surface area contributed by atoms with Crippen LogP contribution in [-0.2, 0) is 13.1 Å². The van der Waals surface area contributed by atoms with Crippen molar-refractivity contribution in [3.8, 4) is 0 Å². The highest BCUT2D eigenvalue weighted by Gasteiger charge is 2.01. The van der Waals surface area contributed by atoms with Crippen molar-refractivity contribution in [3.05, 3.63) is 69.7 Å². The van der Waals surface area contributed by atoms with Crippen molar-refractivity contribution in [3.63, 3.8) is 0 Å². The molecule has 0 heterocycles. The lowest BCUT2D eigenvalue weighted by atomic mass is 10.2. The molecule has 2 rings (SSSR count). The predicted octanol–water partition coefficient (Wildman–Crippen LogP) is 5.62. The number of halogens is 2. The van der Waals surface area contributed by atoms with Crippen LogP contribution in [0, 0.1) is 0 Å². The van der Waals surface area contributed by atoms with Gasteiger partial charge in [-0.1, -0.05) is 59.6 Å². The molecular weight excluding hydrogens is 315 g/mol. The van der Waals surface area contributed by atoms with Crippen LogP contribution in [0.5, 0.6) is 0 Å². The van der Waals surface area contributed by atoms with E-state index in [9.17, 15) is 0 Å². The van der Waals surface area contributed by atoms with E-state index in [2.05, 4.69) is 9.98 Å². The Morgan fingerprint density at radius 1 is 0.727 bits per heavy atom. The first-order chi connectivity index (χ1) is 10.6. The quantitative estimate of drug-likeness (QED) is 0.635. The van der Waals surface area contributed by atoms with Crippen molar-refractivity contribution in [2.24, 2.45) is 9.98 Å². The first kappa shape index (κ1) is 16.7. The molecule has 0 aromatic heterocycles. The molecular formula is C18H18Cl2N2. The molecule has 0 bridgehead atoms. The van der Waals surface area contributed by atoms with Crippen molar-refractivity contribution in [1.29, 1.82) is 0 Å². The minimum Gasteiger partial charge on any atom is -0.283 e. The van der Waals surface area contributed by atoms with Crippen molar-refractivity contribution in [2.75, 3.05) is 0 Å². The summed E-state index contributed by atoms with van der Waals surface area (Å²) in [4.78, 5) is 9.12. The van der Waals surface area contributed by atoms with E-state index in [0.717, 1.165) is 32.6 Å². The largest absolute Gasteiger partial charge is 0.283 e. The maximum absolute atomic E-state index is 6.13. The smallest absolute Gasteiger partial charge is 0.0658 e. The van der Waals surface area contributed by atoms with E-state index < -0.39 is 0 Å². The van der Waals surface area contributed by atoms with Crippen LogP contribution in [0.1, 0.15) is 25.0 Å². The van der Waals surface area contributed by atoms with Gasteiger partial charge in [-0.3, -0.25) is 9.98 Å². The van der Waals surface area contributed by atoms with Gasteiger partial charge >= 0.3 is 0 Å². The highest BCUT2D eigenvalue weighted by Crippen LogP contribution is 2.17. The first-order valence-electron chi connectivity index (χ1n) is 7.07. The maximum atomic E-state index is 6.13. The molecule has 0 amide bonds. The van der Waals surface area contributed by atoms with Crippen LogP contribution in [0.4, 0.5) is 0 Å². The topological polar surface area (TPSA) is 24.7 Å². The van der Waals surface area contributed by atoms with Gasteiger partial charge in [-0.2, -0.15) is 0 Å². The zero-order valence-electron chi connectivity index (χ0n) is 12.7. The van der Waals surface area contributed by atoms with Crippen molar-refractivity contribution in [1.82, 2.24) is 0 Å². The fourth-order valence-corrected chi connectivity index (χ4v) is 2.28. The average Bonchev–Trinajstić information content (AvgIpc) is 2.52.